The third kappa shape index (κ3) is 4.50. The fourth-order valence-electron chi connectivity index (χ4n) is 2.70. The number of halogens is 1. The van der Waals surface area contributed by atoms with E-state index in [1.165, 1.54) is 0 Å². The molecule has 0 radical (unpaired) electrons. The standard InChI is InChI=1S/C20H19ClN2O2/c1-14(20(24)23-17-10-5-9-16(21)13-17)22-19(18-11-6-12-25-18)15-7-3-2-4-8-15/h2-14,19,22H,1H3,(H,23,24)/p+1/t14-,19+/m1/s1. The van der Waals surface area contributed by atoms with Crippen molar-refractivity contribution in [2.24, 2.45) is 0 Å². The molecule has 3 rings (SSSR count). The van der Waals surface area contributed by atoms with Crippen molar-refractivity contribution in [3.63, 3.8) is 0 Å². The van der Waals surface area contributed by atoms with E-state index in [4.69, 9.17) is 16.0 Å². The molecule has 1 aromatic heterocycles. The summed E-state index contributed by atoms with van der Waals surface area (Å²) in [4.78, 5) is 12.5. The van der Waals surface area contributed by atoms with Crippen LogP contribution in [0.1, 0.15) is 24.3 Å². The highest BCUT2D eigenvalue weighted by Crippen LogP contribution is 2.19. The molecule has 2 aromatic carbocycles. The molecule has 0 fully saturated rings. The van der Waals surface area contributed by atoms with Crippen molar-refractivity contribution in [1.29, 1.82) is 0 Å². The lowest BCUT2D eigenvalue weighted by Gasteiger charge is -2.18. The van der Waals surface area contributed by atoms with Crippen LogP contribution in [0.4, 0.5) is 5.69 Å². The van der Waals surface area contributed by atoms with Crippen molar-refractivity contribution < 1.29 is 14.5 Å². The first-order valence-corrected chi connectivity index (χ1v) is 8.51. The number of hydrogen-bond acceptors (Lipinski definition) is 2. The van der Waals surface area contributed by atoms with Gasteiger partial charge >= 0.3 is 0 Å². The lowest BCUT2D eigenvalue weighted by atomic mass is 10.0. The summed E-state index contributed by atoms with van der Waals surface area (Å²) in [6.45, 7) is 1.87. The Balaban J connectivity index is 1.74. The smallest absolute Gasteiger partial charge is 0.282 e. The van der Waals surface area contributed by atoms with Gasteiger partial charge in [-0.15, -0.1) is 0 Å². The Morgan fingerprint density at radius 1 is 1.08 bits per heavy atom. The Kier molecular flexibility index (Phi) is 5.53. The highest BCUT2D eigenvalue weighted by molar-refractivity contribution is 6.30. The largest absolute Gasteiger partial charge is 0.463 e. The molecular formula is C20H20ClN2O2+. The molecule has 0 saturated carbocycles. The van der Waals surface area contributed by atoms with Crippen LogP contribution >= 0.6 is 11.6 Å². The average Bonchev–Trinajstić information content (AvgIpc) is 3.14. The average molecular weight is 356 g/mol. The SMILES string of the molecule is C[C@@H]([NH2+][C@@H](c1ccccc1)c1ccco1)C(=O)Nc1cccc(Cl)c1. The van der Waals surface area contributed by atoms with Gasteiger partial charge < -0.3 is 15.1 Å². The van der Waals surface area contributed by atoms with E-state index in [9.17, 15) is 4.79 Å². The van der Waals surface area contributed by atoms with Crippen molar-refractivity contribution in [2.45, 2.75) is 19.0 Å². The minimum absolute atomic E-state index is 0.0867. The van der Waals surface area contributed by atoms with Gasteiger partial charge in [0.15, 0.2) is 17.8 Å². The zero-order valence-corrected chi connectivity index (χ0v) is 14.6. The van der Waals surface area contributed by atoms with Crippen LogP contribution in [0, 0.1) is 0 Å². The van der Waals surface area contributed by atoms with Gasteiger partial charge in [-0.05, 0) is 37.3 Å². The van der Waals surface area contributed by atoms with E-state index in [1.807, 2.05) is 66.8 Å². The van der Waals surface area contributed by atoms with E-state index in [1.54, 1.807) is 18.4 Å². The molecule has 128 valence electrons. The topological polar surface area (TPSA) is 58.9 Å². The highest BCUT2D eigenvalue weighted by Gasteiger charge is 2.26. The van der Waals surface area contributed by atoms with Gasteiger partial charge in [0, 0.05) is 16.3 Å². The van der Waals surface area contributed by atoms with E-state index < -0.39 is 0 Å². The van der Waals surface area contributed by atoms with Crippen LogP contribution in [0.3, 0.4) is 0 Å². The zero-order chi connectivity index (χ0) is 17.6. The Morgan fingerprint density at radius 3 is 2.56 bits per heavy atom. The summed E-state index contributed by atoms with van der Waals surface area (Å²) in [5.74, 6) is 0.725. The molecule has 4 nitrogen and oxygen atoms in total. The van der Waals surface area contributed by atoms with Crippen LogP contribution in [0.25, 0.3) is 0 Å². The molecule has 0 spiro atoms. The van der Waals surface area contributed by atoms with Crippen LogP contribution in [-0.2, 0) is 4.79 Å². The minimum Gasteiger partial charge on any atom is -0.463 e. The zero-order valence-electron chi connectivity index (χ0n) is 13.9. The normalized spacial score (nSPS) is 13.2. The summed E-state index contributed by atoms with van der Waals surface area (Å²) in [6.07, 6.45) is 1.65. The number of hydrogen-bond donors (Lipinski definition) is 2. The second kappa shape index (κ2) is 8.01. The summed E-state index contributed by atoms with van der Waals surface area (Å²) in [5, 5.41) is 5.48. The predicted octanol–water partition coefficient (Wildman–Crippen LogP) is 3.61. The first-order valence-electron chi connectivity index (χ1n) is 8.13. The number of nitrogens with one attached hydrogen (secondary N) is 1. The minimum atomic E-state index is -0.311. The molecule has 0 unspecified atom stereocenters. The molecule has 0 bridgehead atoms. The van der Waals surface area contributed by atoms with Gasteiger partial charge in [0.2, 0.25) is 0 Å². The summed E-state index contributed by atoms with van der Waals surface area (Å²) >= 11 is 5.97. The first-order chi connectivity index (χ1) is 12.1. The van der Waals surface area contributed by atoms with E-state index in [0.29, 0.717) is 10.7 Å². The van der Waals surface area contributed by atoms with Crippen LogP contribution in [0.2, 0.25) is 5.02 Å². The fourth-order valence-corrected chi connectivity index (χ4v) is 2.89. The van der Waals surface area contributed by atoms with Crippen molar-refractivity contribution >= 4 is 23.2 Å². The molecule has 1 amide bonds. The van der Waals surface area contributed by atoms with Gasteiger partial charge in [0.05, 0.1) is 6.26 Å². The summed E-state index contributed by atoms with van der Waals surface area (Å²) in [5.41, 5.74) is 1.77. The first kappa shape index (κ1) is 17.3. The Hall–Kier alpha value is -2.56. The van der Waals surface area contributed by atoms with Crippen LogP contribution in [0.15, 0.2) is 77.4 Å². The van der Waals surface area contributed by atoms with Gasteiger partial charge in [-0.3, -0.25) is 4.79 Å². The summed E-state index contributed by atoms with van der Waals surface area (Å²) in [6, 6.07) is 20.5. The number of furan rings is 1. The second-order valence-corrected chi connectivity index (χ2v) is 6.32. The summed E-state index contributed by atoms with van der Waals surface area (Å²) in [7, 11) is 0. The number of rotatable bonds is 6. The highest BCUT2D eigenvalue weighted by atomic mass is 35.5. The molecule has 1 heterocycles. The molecule has 0 saturated heterocycles. The maximum atomic E-state index is 12.5. The number of nitrogens with two attached hydrogens (primary N) is 1. The van der Waals surface area contributed by atoms with Gasteiger partial charge in [0.1, 0.15) is 0 Å². The quantitative estimate of drug-likeness (QED) is 0.709. The van der Waals surface area contributed by atoms with Crippen LogP contribution in [0.5, 0.6) is 0 Å². The number of benzene rings is 2. The molecular weight excluding hydrogens is 336 g/mol. The molecule has 2 atom stereocenters. The number of carbonyl (C=O) groups excluding carboxylic acids is 1. The fraction of sp³-hybridized carbons (Fsp3) is 0.150. The molecule has 25 heavy (non-hydrogen) atoms. The molecule has 0 aliphatic carbocycles. The Morgan fingerprint density at radius 2 is 1.88 bits per heavy atom. The predicted molar refractivity (Wildman–Crippen MR) is 98.5 cm³/mol. The maximum absolute atomic E-state index is 12.5. The van der Waals surface area contributed by atoms with Gasteiger partial charge in [-0.25, -0.2) is 0 Å². The van der Waals surface area contributed by atoms with E-state index >= 15 is 0 Å². The lowest BCUT2D eigenvalue weighted by Crippen LogP contribution is -2.92. The van der Waals surface area contributed by atoms with Crippen molar-refractivity contribution in [1.82, 2.24) is 0 Å². The number of amides is 1. The third-order valence-corrected chi connectivity index (χ3v) is 4.23. The molecule has 5 heteroatoms. The molecule has 0 aliphatic rings. The van der Waals surface area contributed by atoms with Crippen molar-refractivity contribution in [3.8, 4) is 0 Å². The third-order valence-electron chi connectivity index (χ3n) is 4.00. The Bertz CT molecular complexity index is 819. The number of quaternary nitrogens is 1. The van der Waals surface area contributed by atoms with Gasteiger partial charge in [-0.2, -0.15) is 0 Å². The monoisotopic (exact) mass is 355 g/mol. The second-order valence-electron chi connectivity index (χ2n) is 5.88. The molecule has 3 N–H and O–H groups in total. The molecule has 0 aliphatic heterocycles. The van der Waals surface area contributed by atoms with E-state index in [-0.39, 0.29) is 18.0 Å². The van der Waals surface area contributed by atoms with E-state index in [0.717, 1.165) is 11.3 Å². The number of anilines is 1. The number of carbonyl (C=O) groups is 1. The van der Waals surface area contributed by atoms with Crippen LogP contribution < -0.4 is 10.6 Å². The maximum Gasteiger partial charge on any atom is 0.282 e. The van der Waals surface area contributed by atoms with Gasteiger partial charge in [-0.1, -0.05) is 48.0 Å². The Labute approximate surface area is 151 Å². The molecule has 3 aromatic rings. The van der Waals surface area contributed by atoms with Crippen molar-refractivity contribution in [2.75, 3.05) is 5.32 Å². The van der Waals surface area contributed by atoms with Crippen molar-refractivity contribution in [3.05, 3.63) is 89.3 Å². The van der Waals surface area contributed by atoms with Crippen LogP contribution in [-0.4, -0.2) is 11.9 Å². The lowest BCUT2D eigenvalue weighted by molar-refractivity contribution is -0.706. The van der Waals surface area contributed by atoms with E-state index in [2.05, 4.69) is 5.32 Å². The summed E-state index contributed by atoms with van der Waals surface area (Å²) < 4.78 is 5.58. The van der Waals surface area contributed by atoms with Gasteiger partial charge in [0.25, 0.3) is 5.91 Å².